The average molecular weight is 534 g/mol. The molecule has 5 aliphatic rings. The lowest BCUT2D eigenvalue weighted by molar-refractivity contribution is 0.760. The molecule has 2 atom stereocenters. The van der Waals surface area contributed by atoms with Crippen LogP contribution in [0.3, 0.4) is 0 Å². The van der Waals surface area contributed by atoms with Crippen molar-refractivity contribution in [3.05, 3.63) is 155 Å². The Hall–Kier alpha value is -5.14. The first-order valence-electron chi connectivity index (χ1n) is 15.0. The first-order chi connectivity index (χ1) is 20.9. The van der Waals surface area contributed by atoms with Gasteiger partial charge in [0.1, 0.15) is 0 Å². The molecule has 0 saturated heterocycles. The van der Waals surface area contributed by atoms with E-state index in [1.54, 1.807) is 0 Å². The molecule has 0 radical (unpaired) electrons. The zero-order chi connectivity index (χ0) is 27.4. The molecule has 4 aliphatic carbocycles. The molecular formula is C41H27N. The quantitative estimate of drug-likeness (QED) is 0.238. The molecule has 1 nitrogen and oxygen atoms in total. The molecule has 0 bridgehead atoms. The van der Waals surface area contributed by atoms with Crippen LogP contribution in [0.15, 0.2) is 139 Å². The Labute approximate surface area is 244 Å². The van der Waals surface area contributed by atoms with Crippen molar-refractivity contribution in [2.45, 2.75) is 12.5 Å². The highest BCUT2D eigenvalue weighted by atomic mass is 14.9. The predicted octanol–water partition coefficient (Wildman–Crippen LogP) is 8.04. The van der Waals surface area contributed by atoms with E-state index in [-0.39, 0.29) is 6.04 Å². The zero-order valence-electron chi connectivity index (χ0n) is 23.1. The van der Waals surface area contributed by atoms with Crippen molar-refractivity contribution < 1.29 is 0 Å². The van der Waals surface area contributed by atoms with Crippen LogP contribution in [0.5, 0.6) is 0 Å². The minimum Gasteiger partial charge on any atom is -0.381 e. The van der Waals surface area contributed by atoms with Crippen LogP contribution in [-0.4, -0.2) is 6.04 Å². The molecule has 0 amide bonds. The smallest absolute Gasteiger partial charge is 0.0704 e. The van der Waals surface area contributed by atoms with Crippen molar-refractivity contribution in [3.8, 4) is 44.5 Å². The summed E-state index contributed by atoms with van der Waals surface area (Å²) in [5, 5.41) is 9.16. The second kappa shape index (κ2) is 8.21. The van der Waals surface area contributed by atoms with Crippen molar-refractivity contribution in [2.24, 2.45) is 5.92 Å². The summed E-state index contributed by atoms with van der Waals surface area (Å²) >= 11 is 0. The summed E-state index contributed by atoms with van der Waals surface area (Å²) in [5.41, 5.74) is 16.5. The number of fused-ring (bicyclic) bond motifs is 8. The maximum Gasteiger partial charge on any atom is 0.0704 e. The van der Waals surface area contributed by atoms with Gasteiger partial charge in [-0.05, 0) is 113 Å². The van der Waals surface area contributed by atoms with Gasteiger partial charge in [-0.1, -0.05) is 115 Å². The predicted molar refractivity (Wildman–Crippen MR) is 175 cm³/mol. The Kier molecular flexibility index (Phi) is 4.40. The number of benzene rings is 5. The standard InChI is InChI=1S/C41H27N/c1-2-10-27-26(9-1)29-14-7-13-28-25(20-21-33(27)38(28)29)24-18-19-34-36(23-24)32-15-8-16-35-39(37-17-5-6-22-42-37)30-11-3-4-12-31(30)40(34)41(32)35/h1-11,13-23,31,37,42H,12H2. The number of hydrogen-bond donors (Lipinski definition) is 1. The van der Waals surface area contributed by atoms with E-state index in [0.717, 1.165) is 6.42 Å². The molecule has 5 aromatic rings. The SMILES string of the molecule is C1=CCC2C(=C1)C(C1C=CC=CN1)=c1cccc3c1=C2c1ccc(-c2ccc4c5c(cccc25)-c2ccccc2-4)cc1-3. The van der Waals surface area contributed by atoms with Crippen LogP contribution in [0.1, 0.15) is 12.0 Å². The van der Waals surface area contributed by atoms with Crippen molar-refractivity contribution in [1.29, 1.82) is 0 Å². The average Bonchev–Trinajstić information content (AvgIpc) is 3.57. The number of nitrogens with one attached hydrogen (secondary N) is 1. The summed E-state index contributed by atoms with van der Waals surface area (Å²) in [6, 6.07) is 34.7. The van der Waals surface area contributed by atoms with Gasteiger partial charge < -0.3 is 5.32 Å². The summed E-state index contributed by atoms with van der Waals surface area (Å²) in [4.78, 5) is 0. The van der Waals surface area contributed by atoms with Gasteiger partial charge in [-0.2, -0.15) is 0 Å². The van der Waals surface area contributed by atoms with E-state index in [4.69, 9.17) is 0 Å². The molecule has 1 heterocycles. The Morgan fingerprint density at radius 3 is 2.26 bits per heavy atom. The molecule has 1 aliphatic heterocycles. The van der Waals surface area contributed by atoms with Crippen LogP contribution < -0.4 is 15.8 Å². The molecule has 2 unspecified atom stereocenters. The number of dihydropyridines is 1. The van der Waals surface area contributed by atoms with Gasteiger partial charge in [0.25, 0.3) is 0 Å². The van der Waals surface area contributed by atoms with Crippen molar-refractivity contribution in [3.63, 3.8) is 0 Å². The van der Waals surface area contributed by atoms with Gasteiger partial charge in [0, 0.05) is 5.92 Å². The first-order valence-corrected chi connectivity index (χ1v) is 15.0. The third kappa shape index (κ3) is 2.83. The maximum absolute atomic E-state index is 3.63. The lowest BCUT2D eigenvalue weighted by Crippen LogP contribution is -2.42. The molecule has 0 saturated carbocycles. The first kappa shape index (κ1) is 22.5. The van der Waals surface area contributed by atoms with Gasteiger partial charge in [0.15, 0.2) is 0 Å². The minimum absolute atomic E-state index is 0.181. The van der Waals surface area contributed by atoms with Crippen molar-refractivity contribution in [2.75, 3.05) is 0 Å². The highest BCUT2D eigenvalue weighted by Crippen LogP contribution is 2.50. The van der Waals surface area contributed by atoms with Crippen LogP contribution >= 0.6 is 0 Å². The number of rotatable bonds is 2. The lowest BCUT2D eigenvalue weighted by Gasteiger charge is -2.33. The fourth-order valence-electron chi connectivity index (χ4n) is 8.33. The Bertz CT molecular complexity index is 2280. The summed E-state index contributed by atoms with van der Waals surface area (Å²) in [5.74, 6) is 0.377. The van der Waals surface area contributed by atoms with E-state index in [2.05, 4.69) is 139 Å². The van der Waals surface area contributed by atoms with Gasteiger partial charge >= 0.3 is 0 Å². The van der Waals surface area contributed by atoms with E-state index in [1.807, 2.05) is 0 Å². The van der Waals surface area contributed by atoms with Crippen molar-refractivity contribution in [1.82, 2.24) is 5.32 Å². The monoisotopic (exact) mass is 533 g/mol. The van der Waals surface area contributed by atoms with Gasteiger partial charge in [0.2, 0.25) is 0 Å². The lowest BCUT2D eigenvalue weighted by atomic mass is 9.73. The number of allylic oxidation sites excluding steroid dienone is 5. The highest BCUT2D eigenvalue weighted by molar-refractivity contribution is 6.18. The zero-order valence-corrected chi connectivity index (χ0v) is 23.1. The van der Waals surface area contributed by atoms with Crippen LogP contribution in [0.25, 0.3) is 66.4 Å². The molecule has 196 valence electrons. The summed E-state index contributed by atoms with van der Waals surface area (Å²) in [6.45, 7) is 0. The highest BCUT2D eigenvalue weighted by Gasteiger charge is 2.36. The Morgan fingerprint density at radius 1 is 0.595 bits per heavy atom. The topological polar surface area (TPSA) is 12.0 Å². The molecule has 5 aromatic carbocycles. The third-order valence-electron chi connectivity index (χ3n) is 10.00. The second-order valence-electron chi connectivity index (χ2n) is 12.0. The van der Waals surface area contributed by atoms with Crippen molar-refractivity contribution >= 4 is 21.9 Å². The van der Waals surface area contributed by atoms with Gasteiger partial charge in [-0.25, -0.2) is 0 Å². The van der Waals surface area contributed by atoms with E-state index in [9.17, 15) is 0 Å². The third-order valence-corrected chi connectivity index (χ3v) is 10.00. The van der Waals surface area contributed by atoms with E-state index in [0.29, 0.717) is 5.92 Å². The van der Waals surface area contributed by atoms with Crippen LogP contribution in [0, 0.1) is 5.92 Å². The van der Waals surface area contributed by atoms with Gasteiger partial charge in [0.05, 0.1) is 6.04 Å². The molecule has 10 rings (SSSR count). The molecule has 1 heteroatoms. The molecule has 1 N–H and O–H groups in total. The normalized spacial score (nSPS) is 19.8. The second-order valence-corrected chi connectivity index (χ2v) is 12.0. The fourth-order valence-corrected chi connectivity index (χ4v) is 8.33. The summed E-state index contributed by atoms with van der Waals surface area (Å²) < 4.78 is 0. The Morgan fingerprint density at radius 2 is 1.38 bits per heavy atom. The van der Waals surface area contributed by atoms with E-state index in [1.165, 1.54) is 88.0 Å². The molecular weight excluding hydrogens is 506 g/mol. The number of hydrogen-bond acceptors (Lipinski definition) is 1. The maximum atomic E-state index is 3.63. The molecule has 0 aromatic heterocycles. The molecule has 0 spiro atoms. The van der Waals surface area contributed by atoms with Crippen LogP contribution in [-0.2, 0) is 0 Å². The fraction of sp³-hybridized carbons (Fsp3) is 0.0732. The van der Waals surface area contributed by atoms with Gasteiger partial charge in [-0.3, -0.25) is 0 Å². The van der Waals surface area contributed by atoms with Crippen LogP contribution in [0.2, 0.25) is 0 Å². The van der Waals surface area contributed by atoms with E-state index < -0.39 is 0 Å². The minimum atomic E-state index is 0.181. The Balaban J connectivity index is 1.21. The van der Waals surface area contributed by atoms with Crippen LogP contribution in [0.4, 0.5) is 0 Å². The summed E-state index contributed by atoms with van der Waals surface area (Å²) in [6.07, 6.45) is 16.6. The summed E-state index contributed by atoms with van der Waals surface area (Å²) in [7, 11) is 0. The van der Waals surface area contributed by atoms with E-state index >= 15 is 0 Å². The molecule has 0 fully saturated rings. The largest absolute Gasteiger partial charge is 0.381 e. The van der Waals surface area contributed by atoms with Gasteiger partial charge in [-0.15, -0.1) is 0 Å². The molecule has 42 heavy (non-hydrogen) atoms.